The van der Waals surface area contributed by atoms with Crippen LogP contribution in [-0.2, 0) is 4.79 Å². The van der Waals surface area contributed by atoms with Gasteiger partial charge in [0.2, 0.25) is 5.91 Å². The summed E-state index contributed by atoms with van der Waals surface area (Å²) in [6.07, 6.45) is 2.09. The van der Waals surface area contributed by atoms with Gasteiger partial charge < -0.3 is 11.1 Å². The molecular weight excluding hydrogens is 200 g/mol. The summed E-state index contributed by atoms with van der Waals surface area (Å²) in [7, 11) is 0. The minimum absolute atomic E-state index is 0.0132. The third-order valence-corrected chi connectivity index (χ3v) is 2.43. The third-order valence-electron chi connectivity index (χ3n) is 2.43. The Bertz CT molecular complexity index is 335. The largest absolute Gasteiger partial charge is 0.353 e. The van der Waals surface area contributed by atoms with E-state index < -0.39 is 0 Å². The van der Waals surface area contributed by atoms with Crippen molar-refractivity contribution in [3.63, 3.8) is 0 Å². The van der Waals surface area contributed by atoms with Crippen molar-refractivity contribution < 1.29 is 4.79 Å². The summed E-state index contributed by atoms with van der Waals surface area (Å²) in [6, 6.07) is 9.87. The van der Waals surface area contributed by atoms with E-state index in [1.165, 1.54) is 0 Å². The van der Waals surface area contributed by atoms with E-state index in [9.17, 15) is 4.79 Å². The first kappa shape index (κ1) is 12.5. The van der Waals surface area contributed by atoms with Crippen LogP contribution in [0.15, 0.2) is 43.0 Å². The van der Waals surface area contributed by atoms with E-state index in [2.05, 4.69) is 11.9 Å². The van der Waals surface area contributed by atoms with Crippen molar-refractivity contribution in [2.45, 2.75) is 12.3 Å². The lowest BCUT2D eigenvalue weighted by molar-refractivity contribution is -0.121. The molecule has 0 aliphatic heterocycles. The molecule has 0 radical (unpaired) electrons. The number of carbonyl (C=O) groups is 1. The fourth-order valence-corrected chi connectivity index (χ4v) is 1.54. The average molecular weight is 218 g/mol. The van der Waals surface area contributed by atoms with Crippen LogP contribution >= 0.6 is 0 Å². The smallest absolute Gasteiger partial charge is 0.220 e. The molecule has 0 saturated heterocycles. The molecule has 3 N–H and O–H groups in total. The van der Waals surface area contributed by atoms with Crippen LogP contribution in [0.3, 0.4) is 0 Å². The third kappa shape index (κ3) is 3.87. The number of hydrogen-bond donors (Lipinski definition) is 2. The van der Waals surface area contributed by atoms with Crippen molar-refractivity contribution in [2.24, 2.45) is 5.73 Å². The quantitative estimate of drug-likeness (QED) is 0.709. The van der Waals surface area contributed by atoms with Gasteiger partial charge in [-0.15, -0.1) is 6.58 Å². The van der Waals surface area contributed by atoms with Gasteiger partial charge >= 0.3 is 0 Å². The Morgan fingerprint density at radius 2 is 2.12 bits per heavy atom. The van der Waals surface area contributed by atoms with Crippen LogP contribution < -0.4 is 11.1 Å². The molecule has 1 atom stereocenters. The van der Waals surface area contributed by atoms with E-state index in [4.69, 9.17) is 5.73 Å². The van der Waals surface area contributed by atoms with Crippen LogP contribution in [0.4, 0.5) is 0 Å². The van der Waals surface area contributed by atoms with Crippen molar-refractivity contribution >= 4 is 5.91 Å². The van der Waals surface area contributed by atoms with Gasteiger partial charge in [-0.25, -0.2) is 0 Å². The molecule has 16 heavy (non-hydrogen) atoms. The summed E-state index contributed by atoms with van der Waals surface area (Å²) in [5.74, 6) is 0.102. The van der Waals surface area contributed by atoms with Gasteiger partial charge in [-0.2, -0.15) is 0 Å². The summed E-state index contributed by atoms with van der Waals surface area (Å²) in [6.45, 7) is 4.53. The Hall–Kier alpha value is -1.61. The van der Waals surface area contributed by atoms with Gasteiger partial charge in [0.15, 0.2) is 0 Å². The molecule has 0 bridgehead atoms. The van der Waals surface area contributed by atoms with Gasteiger partial charge in [0, 0.05) is 18.9 Å². The van der Waals surface area contributed by atoms with Crippen LogP contribution in [0.1, 0.15) is 17.9 Å². The first-order valence-electron chi connectivity index (χ1n) is 5.40. The fourth-order valence-electron chi connectivity index (χ4n) is 1.54. The minimum Gasteiger partial charge on any atom is -0.353 e. The van der Waals surface area contributed by atoms with Crippen LogP contribution in [0, 0.1) is 0 Å². The maximum absolute atomic E-state index is 11.5. The Morgan fingerprint density at radius 3 is 2.69 bits per heavy atom. The molecule has 1 aromatic rings. The van der Waals surface area contributed by atoms with Crippen LogP contribution in [0.2, 0.25) is 0 Å². The zero-order valence-electron chi connectivity index (χ0n) is 9.36. The lowest BCUT2D eigenvalue weighted by Crippen LogP contribution is -2.27. The summed E-state index contributed by atoms with van der Waals surface area (Å²) < 4.78 is 0. The molecule has 1 rings (SSSR count). The first-order valence-corrected chi connectivity index (χ1v) is 5.40. The lowest BCUT2D eigenvalue weighted by Gasteiger charge is -2.14. The normalized spacial score (nSPS) is 11.8. The van der Waals surface area contributed by atoms with E-state index in [1.54, 1.807) is 6.08 Å². The molecule has 0 aliphatic carbocycles. The molecule has 1 aromatic carbocycles. The molecular formula is C13H18N2O. The number of hydrogen-bond acceptors (Lipinski definition) is 2. The number of amides is 1. The number of benzene rings is 1. The molecule has 0 aliphatic rings. The monoisotopic (exact) mass is 218 g/mol. The predicted molar refractivity (Wildman–Crippen MR) is 66.1 cm³/mol. The minimum atomic E-state index is 0.0132. The molecule has 86 valence electrons. The van der Waals surface area contributed by atoms with Crippen molar-refractivity contribution in [3.8, 4) is 0 Å². The number of rotatable bonds is 6. The molecule has 1 unspecified atom stereocenters. The van der Waals surface area contributed by atoms with Crippen LogP contribution in [-0.4, -0.2) is 19.0 Å². The standard InChI is InChI=1S/C13H18N2O/c1-2-8-15-13(16)9-12(10-14)11-6-4-3-5-7-11/h2-7,12H,1,8-10,14H2,(H,15,16). The summed E-state index contributed by atoms with van der Waals surface area (Å²) in [5, 5.41) is 2.75. The lowest BCUT2D eigenvalue weighted by atomic mass is 9.95. The van der Waals surface area contributed by atoms with Crippen molar-refractivity contribution in [2.75, 3.05) is 13.1 Å². The second-order valence-corrected chi connectivity index (χ2v) is 3.64. The first-order chi connectivity index (χ1) is 7.77. The summed E-state index contributed by atoms with van der Waals surface area (Å²) in [4.78, 5) is 11.5. The van der Waals surface area contributed by atoms with Crippen LogP contribution in [0.25, 0.3) is 0 Å². The molecule has 0 saturated carbocycles. The topological polar surface area (TPSA) is 55.1 Å². The van der Waals surface area contributed by atoms with Crippen molar-refractivity contribution in [3.05, 3.63) is 48.6 Å². The SMILES string of the molecule is C=CCNC(=O)CC(CN)c1ccccc1. The number of nitrogens with two attached hydrogens (primary N) is 1. The molecule has 0 fully saturated rings. The Kier molecular flexibility index (Phi) is 5.29. The average Bonchev–Trinajstić information content (AvgIpc) is 2.34. The van der Waals surface area contributed by atoms with Gasteiger partial charge in [-0.1, -0.05) is 36.4 Å². The molecule has 3 heteroatoms. The van der Waals surface area contributed by atoms with Gasteiger partial charge in [0.05, 0.1) is 0 Å². The molecule has 0 spiro atoms. The summed E-state index contributed by atoms with van der Waals surface area (Å²) in [5.41, 5.74) is 6.79. The van der Waals surface area contributed by atoms with Crippen molar-refractivity contribution in [1.82, 2.24) is 5.32 Å². The van der Waals surface area contributed by atoms with E-state index in [1.807, 2.05) is 30.3 Å². The second kappa shape index (κ2) is 6.80. The predicted octanol–water partition coefficient (Wildman–Crippen LogP) is 1.42. The highest BCUT2D eigenvalue weighted by molar-refractivity contribution is 5.77. The molecule has 0 aromatic heterocycles. The van der Waals surface area contributed by atoms with E-state index in [0.29, 0.717) is 19.5 Å². The second-order valence-electron chi connectivity index (χ2n) is 3.64. The molecule has 3 nitrogen and oxygen atoms in total. The maximum atomic E-state index is 11.5. The van der Waals surface area contributed by atoms with Gasteiger partial charge in [0.25, 0.3) is 0 Å². The van der Waals surface area contributed by atoms with Gasteiger partial charge in [-0.05, 0) is 12.1 Å². The van der Waals surface area contributed by atoms with Crippen molar-refractivity contribution in [1.29, 1.82) is 0 Å². The number of nitrogens with one attached hydrogen (secondary N) is 1. The van der Waals surface area contributed by atoms with Crippen LogP contribution in [0.5, 0.6) is 0 Å². The molecule has 0 heterocycles. The highest BCUT2D eigenvalue weighted by atomic mass is 16.1. The van der Waals surface area contributed by atoms with E-state index >= 15 is 0 Å². The van der Waals surface area contributed by atoms with Gasteiger partial charge in [-0.3, -0.25) is 4.79 Å². The zero-order valence-corrected chi connectivity index (χ0v) is 9.36. The fraction of sp³-hybridized carbons (Fsp3) is 0.308. The Morgan fingerprint density at radius 1 is 1.44 bits per heavy atom. The van der Waals surface area contributed by atoms with E-state index in [-0.39, 0.29) is 11.8 Å². The highest BCUT2D eigenvalue weighted by Crippen LogP contribution is 2.17. The summed E-state index contributed by atoms with van der Waals surface area (Å²) >= 11 is 0. The Balaban J connectivity index is 2.55. The zero-order chi connectivity index (χ0) is 11.8. The maximum Gasteiger partial charge on any atom is 0.220 e. The van der Waals surface area contributed by atoms with Gasteiger partial charge in [0.1, 0.15) is 0 Å². The van der Waals surface area contributed by atoms with E-state index in [0.717, 1.165) is 5.56 Å². The molecule has 1 amide bonds. The number of carbonyl (C=O) groups excluding carboxylic acids is 1. The Labute approximate surface area is 96.3 Å². The highest BCUT2D eigenvalue weighted by Gasteiger charge is 2.13.